The molecule has 0 aliphatic heterocycles. The normalized spacial score (nSPS) is 10.1. The zero-order valence-electron chi connectivity index (χ0n) is 11.4. The molecule has 0 unspecified atom stereocenters. The molecule has 1 N–H and O–H groups in total. The van der Waals surface area contributed by atoms with E-state index < -0.39 is 23.0 Å². The Hall–Kier alpha value is -2.38. The van der Waals surface area contributed by atoms with Crippen molar-refractivity contribution in [1.29, 1.82) is 0 Å². The highest BCUT2D eigenvalue weighted by Crippen LogP contribution is 1.93. The van der Waals surface area contributed by atoms with Crippen molar-refractivity contribution in [3.8, 4) is 0 Å². The fourth-order valence-corrected chi connectivity index (χ4v) is 1.45. The Morgan fingerprint density at radius 1 is 1.35 bits per heavy atom. The maximum atomic E-state index is 11.8. The largest absolute Gasteiger partial charge is 0.466 e. The predicted molar refractivity (Wildman–Crippen MR) is 70.2 cm³/mol. The van der Waals surface area contributed by atoms with Crippen LogP contribution in [0.5, 0.6) is 0 Å². The summed E-state index contributed by atoms with van der Waals surface area (Å²) in [5, 5.41) is 2.26. The second-order valence-corrected chi connectivity index (χ2v) is 4.10. The molecule has 0 saturated carbocycles. The number of aromatic amines is 1. The third kappa shape index (κ3) is 4.71. The monoisotopic (exact) mass is 283 g/mol. The number of H-pyrrole nitrogens is 1. The van der Waals surface area contributed by atoms with Gasteiger partial charge in [-0.05, 0) is 6.92 Å². The number of likely N-dealkylation sites (N-methyl/N-ethyl adjacent to an activating group) is 1. The van der Waals surface area contributed by atoms with Crippen LogP contribution in [0.25, 0.3) is 0 Å². The van der Waals surface area contributed by atoms with Gasteiger partial charge < -0.3 is 9.64 Å². The van der Waals surface area contributed by atoms with Gasteiger partial charge in [-0.1, -0.05) is 0 Å². The van der Waals surface area contributed by atoms with E-state index in [2.05, 4.69) is 5.10 Å². The lowest BCUT2D eigenvalue weighted by atomic mass is 10.4. The van der Waals surface area contributed by atoms with Gasteiger partial charge in [-0.2, -0.15) is 0 Å². The van der Waals surface area contributed by atoms with Gasteiger partial charge in [0.1, 0.15) is 6.54 Å². The van der Waals surface area contributed by atoms with Crippen LogP contribution in [-0.2, 0) is 20.9 Å². The standard InChI is InChI=1S/C12H17N3O5/c1-3-20-12(19)6-7-14(2)11(18)8-15-10(17)5-4-9(16)13-15/h4-5H,3,6-8H2,1-2H3,(H,13,16). The van der Waals surface area contributed by atoms with Crippen LogP contribution >= 0.6 is 0 Å². The number of hydrogen-bond acceptors (Lipinski definition) is 5. The molecule has 8 nitrogen and oxygen atoms in total. The van der Waals surface area contributed by atoms with E-state index in [-0.39, 0.29) is 26.1 Å². The van der Waals surface area contributed by atoms with Crippen molar-refractivity contribution in [3.63, 3.8) is 0 Å². The summed E-state index contributed by atoms with van der Waals surface area (Å²) in [6.45, 7) is 1.89. The first-order chi connectivity index (χ1) is 9.43. The van der Waals surface area contributed by atoms with Crippen LogP contribution in [0, 0.1) is 0 Å². The van der Waals surface area contributed by atoms with E-state index in [4.69, 9.17) is 4.74 Å². The molecule has 0 aliphatic carbocycles. The lowest BCUT2D eigenvalue weighted by molar-refractivity contribution is -0.143. The Morgan fingerprint density at radius 3 is 2.70 bits per heavy atom. The quantitative estimate of drug-likeness (QED) is 0.671. The lowest BCUT2D eigenvalue weighted by Gasteiger charge is -2.17. The van der Waals surface area contributed by atoms with Crippen molar-refractivity contribution in [1.82, 2.24) is 14.7 Å². The van der Waals surface area contributed by atoms with Gasteiger partial charge in [-0.3, -0.25) is 24.3 Å². The first kappa shape index (κ1) is 15.7. The summed E-state index contributed by atoms with van der Waals surface area (Å²) in [4.78, 5) is 46.8. The van der Waals surface area contributed by atoms with E-state index in [1.54, 1.807) is 6.92 Å². The average Bonchev–Trinajstić information content (AvgIpc) is 2.40. The summed E-state index contributed by atoms with van der Waals surface area (Å²) < 4.78 is 5.67. The van der Waals surface area contributed by atoms with Gasteiger partial charge in [-0.25, -0.2) is 4.68 Å². The third-order valence-electron chi connectivity index (χ3n) is 2.56. The first-order valence-corrected chi connectivity index (χ1v) is 6.13. The molecule has 1 amide bonds. The molecular formula is C12H17N3O5. The van der Waals surface area contributed by atoms with Crippen molar-refractivity contribution in [2.75, 3.05) is 20.2 Å². The van der Waals surface area contributed by atoms with Crippen LogP contribution in [0.1, 0.15) is 13.3 Å². The van der Waals surface area contributed by atoms with Crippen LogP contribution in [0.2, 0.25) is 0 Å². The molecule has 0 fully saturated rings. The molecule has 110 valence electrons. The molecular weight excluding hydrogens is 266 g/mol. The van der Waals surface area contributed by atoms with Crippen LogP contribution < -0.4 is 11.1 Å². The Bertz CT molecular complexity index is 589. The summed E-state index contributed by atoms with van der Waals surface area (Å²) >= 11 is 0. The van der Waals surface area contributed by atoms with E-state index in [1.807, 2.05) is 0 Å². The molecule has 0 aromatic carbocycles. The van der Waals surface area contributed by atoms with Crippen LogP contribution in [0.3, 0.4) is 0 Å². The molecule has 20 heavy (non-hydrogen) atoms. The molecule has 1 heterocycles. The highest BCUT2D eigenvalue weighted by Gasteiger charge is 2.12. The van der Waals surface area contributed by atoms with Crippen molar-refractivity contribution >= 4 is 11.9 Å². The van der Waals surface area contributed by atoms with Crippen molar-refractivity contribution < 1.29 is 14.3 Å². The lowest BCUT2D eigenvalue weighted by Crippen LogP contribution is -2.37. The highest BCUT2D eigenvalue weighted by atomic mass is 16.5. The molecule has 0 aliphatic rings. The van der Waals surface area contributed by atoms with Gasteiger partial charge in [0, 0.05) is 25.7 Å². The zero-order chi connectivity index (χ0) is 15.1. The van der Waals surface area contributed by atoms with Gasteiger partial charge >= 0.3 is 5.97 Å². The third-order valence-corrected chi connectivity index (χ3v) is 2.56. The molecule has 1 aromatic heterocycles. The van der Waals surface area contributed by atoms with E-state index in [9.17, 15) is 19.2 Å². The van der Waals surface area contributed by atoms with E-state index in [0.717, 1.165) is 16.8 Å². The maximum Gasteiger partial charge on any atom is 0.307 e. The van der Waals surface area contributed by atoms with Crippen molar-refractivity contribution in [2.24, 2.45) is 0 Å². The minimum absolute atomic E-state index is 0.0797. The first-order valence-electron chi connectivity index (χ1n) is 6.13. The van der Waals surface area contributed by atoms with Gasteiger partial charge in [0.15, 0.2) is 0 Å². The van der Waals surface area contributed by atoms with E-state index in [0.29, 0.717) is 0 Å². The number of rotatable bonds is 6. The van der Waals surface area contributed by atoms with Crippen molar-refractivity contribution in [3.05, 3.63) is 32.8 Å². The van der Waals surface area contributed by atoms with Gasteiger partial charge in [0.25, 0.3) is 11.1 Å². The summed E-state index contributed by atoms with van der Waals surface area (Å²) in [5.41, 5.74) is -0.941. The summed E-state index contributed by atoms with van der Waals surface area (Å²) in [7, 11) is 1.51. The average molecular weight is 283 g/mol. The number of hydrogen-bond donors (Lipinski definition) is 1. The molecule has 0 saturated heterocycles. The number of esters is 1. The number of aromatic nitrogens is 2. The minimum atomic E-state index is -0.475. The Kier molecular flexibility index (Phi) is 5.70. The van der Waals surface area contributed by atoms with Crippen LogP contribution in [-0.4, -0.2) is 46.8 Å². The molecule has 0 spiro atoms. The summed E-state index contributed by atoms with van der Waals surface area (Å²) in [6.07, 6.45) is 0.0797. The second kappa shape index (κ2) is 7.27. The fourth-order valence-electron chi connectivity index (χ4n) is 1.45. The van der Waals surface area contributed by atoms with Crippen LogP contribution in [0.4, 0.5) is 0 Å². The number of amides is 1. The zero-order valence-corrected chi connectivity index (χ0v) is 11.4. The maximum absolute atomic E-state index is 11.8. The molecule has 8 heteroatoms. The Labute approximate surface area is 114 Å². The molecule has 1 rings (SSSR count). The van der Waals surface area contributed by atoms with Crippen LogP contribution in [0.15, 0.2) is 21.7 Å². The Balaban J connectivity index is 2.57. The molecule has 0 bridgehead atoms. The predicted octanol–water partition coefficient (Wildman–Crippen LogP) is -1.05. The van der Waals surface area contributed by atoms with E-state index in [1.165, 1.54) is 11.9 Å². The Morgan fingerprint density at radius 2 is 2.05 bits per heavy atom. The number of carbonyl (C=O) groups excluding carboxylic acids is 2. The van der Waals surface area contributed by atoms with Crippen molar-refractivity contribution in [2.45, 2.75) is 19.9 Å². The topological polar surface area (TPSA) is 101 Å². The van der Waals surface area contributed by atoms with Gasteiger partial charge in [0.2, 0.25) is 5.91 Å². The van der Waals surface area contributed by atoms with E-state index >= 15 is 0 Å². The smallest absolute Gasteiger partial charge is 0.307 e. The number of nitrogens with zero attached hydrogens (tertiary/aromatic N) is 2. The molecule has 1 aromatic rings. The number of ether oxygens (including phenoxy) is 1. The summed E-state index contributed by atoms with van der Waals surface area (Å²) in [6, 6.07) is 2.18. The molecule has 0 atom stereocenters. The van der Waals surface area contributed by atoms with Gasteiger partial charge in [-0.15, -0.1) is 0 Å². The SMILES string of the molecule is CCOC(=O)CCN(C)C(=O)Cn1[nH]c(=O)ccc1=O. The highest BCUT2D eigenvalue weighted by molar-refractivity contribution is 5.76. The molecule has 0 radical (unpaired) electrons. The fraction of sp³-hybridized carbons (Fsp3) is 0.500. The van der Waals surface area contributed by atoms with Gasteiger partial charge in [0.05, 0.1) is 13.0 Å². The number of nitrogens with one attached hydrogen (secondary N) is 1. The summed E-state index contributed by atoms with van der Waals surface area (Å²) in [5.74, 6) is -0.782. The number of carbonyl (C=O) groups is 2. The second-order valence-electron chi connectivity index (χ2n) is 4.10. The minimum Gasteiger partial charge on any atom is -0.466 e.